The van der Waals surface area contributed by atoms with E-state index in [0.29, 0.717) is 12.4 Å². The van der Waals surface area contributed by atoms with Crippen LogP contribution < -0.4 is 14.8 Å². The van der Waals surface area contributed by atoms with Gasteiger partial charge in [0.1, 0.15) is 5.75 Å². The summed E-state index contributed by atoms with van der Waals surface area (Å²) >= 11 is 0. The van der Waals surface area contributed by atoms with Gasteiger partial charge in [0.15, 0.2) is 6.61 Å². The van der Waals surface area contributed by atoms with Crippen molar-refractivity contribution in [3.8, 4) is 5.75 Å². The monoisotopic (exact) mass is 344 g/mol. The Bertz CT molecular complexity index is 586. The topological polar surface area (TPSA) is 93.7 Å². The quantitative estimate of drug-likeness (QED) is 0.615. The van der Waals surface area contributed by atoms with Crippen molar-refractivity contribution in [2.75, 3.05) is 26.9 Å². The fourth-order valence-corrected chi connectivity index (χ4v) is 2.66. The lowest BCUT2D eigenvalue weighted by Crippen LogP contribution is -2.35. The Hall–Kier alpha value is -1.64. The van der Waals surface area contributed by atoms with Crippen LogP contribution in [0.3, 0.4) is 0 Å². The molecule has 0 aliphatic heterocycles. The summed E-state index contributed by atoms with van der Waals surface area (Å²) in [6.45, 7) is 4.28. The minimum absolute atomic E-state index is 0.0943. The Kier molecular flexibility index (Phi) is 8.01. The first kappa shape index (κ1) is 19.4. The van der Waals surface area contributed by atoms with E-state index in [0.717, 1.165) is 6.42 Å². The van der Waals surface area contributed by atoms with Crippen LogP contribution in [0, 0.1) is 0 Å². The number of carbonyl (C=O) groups excluding carboxylic acids is 1. The third-order valence-corrected chi connectivity index (χ3v) is 4.60. The molecule has 1 rings (SSSR count). The summed E-state index contributed by atoms with van der Waals surface area (Å²) < 4.78 is 36.5. The predicted molar refractivity (Wildman–Crippen MR) is 86.9 cm³/mol. The molecule has 0 unspecified atom stereocenters. The van der Waals surface area contributed by atoms with Crippen LogP contribution in [0.25, 0.3) is 0 Å². The second-order valence-corrected chi connectivity index (χ2v) is 6.79. The third-order valence-electron chi connectivity index (χ3n) is 3.12. The van der Waals surface area contributed by atoms with Crippen molar-refractivity contribution >= 4 is 15.9 Å². The lowest BCUT2D eigenvalue weighted by atomic mass is 10.2. The number of amides is 1. The zero-order chi connectivity index (χ0) is 17.3. The third kappa shape index (κ3) is 6.98. The summed E-state index contributed by atoms with van der Waals surface area (Å²) in [6.07, 6.45) is 0.842. The summed E-state index contributed by atoms with van der Waals surface area (Å²) in [6, 6.07) is 5.98. The molecule has 0 bridgehead atoms. The van der Waals surface area contributed by atoms with E-state index in [1.807, 2.05) is 13.8 Å². The number of sulfonamides is 1. The molecule has 0 fully saturated rings. The molecule has 0 aliphatic rings. The standard InChI is InChI=1S/C15H24N2O5S/c1-4-12(2)17-15(18)11-22-13-5-7-14(8-6-13)23(19,20)16-9-10-21-3/h5-8,12,16H,4,9-11H2,1-3H3,(H,17,18)/t12-/m1/s1. The van der Waals surface area contributed by atoms with Crippen LogP contribution in [-0.4, -0.2) is 47.2 Å². The fraction of sp³-hybridized carbons (Fsp3) is 0.533. The second kappa shape index (κ2) is 9.49. The molecule has 2 N–H and O–H groups in total. The number of methoxy groups -OCH3 is 1. The highest BCUT2D eigenvalue weighted by Gasteiger charge is 2.13. The first-order valence-electron chi connectivity index (χ1n) is 7.40. The van der Waals surface area contributed by atoms with Crippen molar-refractivity contribution in [2.24, 2.45) is 0 Å². The second-order valence-electron chi connectivity index (χ2n) is 5.03. The molecule has 130 valence electrons. The first-order chi connectivity index (χ1) is 10.9. The highest BCUT2D eigenvalue weighted by Crippen LogP contribution is 2.15. The maximum absolute atomic E-state index is 12.0. The Morgan fingerprint density at radius 3 is 2.48 bits per heavy atom. The minimum atomic E-state index is -3.56. The zero-order valence-corrected chi connectivity index (χ0v) is 14.5. The van der Waals surface area contributed by atoms with Crippen molar-refractivity contribution in [2.45, 2.75) is 31.2 Å². The molecule has 0 radical (unpaired) electrons. The van der Waals surface area contributed by atoms with Crippen LogP contribution >= 0.6 is 0 Å². The van der Waals surface area contributed by atoms with Gasteiger partial charge in [0, 0.05) is 19.7 Å². The van der Waals surface area contributed by atoms with Gasteiger partial charge in [-0.2, -0.15) is 0 Å². The van der Waals surface area contributed by atoms with E-state index in [1.54, 1.807) is 0 Å². The molecule has 1 aromatic rings. The van der Waals surface area contributed by atoms with Crippen LogP contribution in [-0.2, 0) is 19.6 Å². The molecule has 0 aliphatic carbocycles. The molecule has 0 spiro atoms. The molecule has 0 aromatic heterocycles. The molecular formula is C15H24N2O5S. The number of hydrogen-bond acceptors (Lipinski definition) is 5. The van der Waals surface area contributed by atoms with E-state index in [2.05, 4.69) is 10.0 Å². The van der Waals surface area contributed by atoms with Gasteiger partial charge in [0.05, 0.1) is 11.5 Å². The smallest absolute Gasteiger partial charge is 0.258 e. The van der Waals surface area contributed by atoms with Crippen LogP contribution in [0.15, 0.2) is 29.2 Å². The molecule has 1 amide bonds. The summed E-state index contributed by atoms with van der Waals surface area (Å²) in [5.41, 5.74) is 0. The van der Waals surface area contributed by atoms with E-state index in [4.69, 9.17) is 9.47 Å². The van der Waals surface area contributed by atoms with E-state index in [9.17, 15) is 13.2 Å². The molecular weight excluding hydrogens is 320 g/mol. The number of nitrogens with one attached hydrogen (secondary N) is 2. The lowest BCUT2D eigenvalue weighted by molar-refractivity contribution is -0.123. The Balaban J connectivity index is 2.54. The average Bonchev–Trinajstić information content (AvgIpc) is 2.53. The average molecular weight is 344 g/mol. The Labute approximate surface area is 137 Å². The first-order valence-corrected chi connectivity index (χ1v) is 8.88. The van der Waals surface area contributed by atoms with Gasteiger partial charge in [-0.1, -0.05) is 6.92 Å². The van der Waals surface area contributed by atoms with Gasteiger partial charge < -0.3 is 14.8 Å². The number of hydrogen-bond donors (Lipinski definition) is 2. The van der Waals surface area contributed by atoms with Crippen LogP contribution in [0.1, 0.15) is 20.3 Å². The van der Waals surface area contributed by atoms with Crippen LogP contribution in [0.2, 0.25) is 0 Å². The summed E-state index contributed by atoms with van der Waals surface area (Å²) in [4.78, 5) is 11.7. The van der Waals surface area contributed by atoms with Crippen molar-refractivity contribution in [3.63, 3.8) is 0 Å². The summed E-state index contributed by atoms with van der Waals surface area (Å²) in [5.74, 6) is 0.220. The van der Waals surface area contributed by atoms with E-state index >= 15 is 0 Å². The SMILES string of the molecule is CC[C@@H](C)NC(=O)COc1ccc(S(=O)(=O)NCCOC)cc1. The maximum atomic E-state index is 12.0. The van der Waals surface area contributed by atoms with E-state index in [-0.39, 0.29) is 30.0 Å². The van der Waals surface area contributed by atoms with Gasteiger partial charge in [0.2, 0.25) is 10.0 Å². The molecule has 0 saturated heterocycles. The van der Waals surface area contributed by atoms with Gasteiger partial charge in [-0.15, -0.1) is 0 Å². The normalized spacial score (nSPS) is 12.7. The molecule has 0 saturated carbocycles. The van der Waals surface area contributed by atoms with Crippen LogP contribution in [0.5, 0.6) is 5.75 Å². The highest BCUT2D eigenvalue weighted by atomic mass is 32.2. The van der Waals surface area contributed by atoms with Crippen molar-refractivity contribution in [1.29, 1.82) is 0 Å². The van der Waals surface area contributed by atoms with Gasteiger partial charge in [-0.05, 0) is 37.6 Å². The predicted octanol–water partition coefficient (Wildman–Crippen LogP) is 0.905. The Morgan fingerprint density at radius 1 is 1.26 bits per heavy atom. The maximum Gasteiger partial charge on any atom is 0.258 e. The molecule has 7 nitrogen and oxygen atoms in total. The lowest BCUT2D eigenvalue weighted by Gasteiger charge is -2.12. The van der Waals surface area contributed by atoms with E-state index < -0.39 is 10.0 Å². The molecule has 1 atom stereocenters. The number of carbonyl (C=O) groups is 1. The molecule has 23 heavy (non-hydrogen) atoms. The summed E-state index contributed by atoms with van der Waals surface area (Å²) in [7, 11) is -2.07. The molecule has 8 heteroatoms. The van der Waals surface area contributed by atoms with Gasteiger partial charge in [-0.25, -0.2) is 13.1 Å². The zero-order valence-electron chi connectivity index (χ0n) is 13.7. The van der Waals surface area contributed by atoms with Gasteiger partial charge >= 0.3 is 0 Å². The molecule has 0 heterocycles. The van der Waals surface area contributed by atoms with Crippen molar-refractivity contribution in [1.82, 2.24) is 10.0 Å². The fourth-order valence-electron chi connectivity index (χ4n) is 1.64. The largest absolute Gasteiger partial charge is 0.484 e. The van der Waals surface area contributed by atoms with Gasteiger partial charge in [0.25, 0.3) is 5.91 Å². The Morgan fingerprint density at radius 2 is 1.91 bits per heavy atom. The van der Waals surface area contributed by atoms with Crippen molar-refractivity contribution in [3.05, 3.63) is 24.3 Å². The number of benzene rings is 1. The highest BCUT2D eigenvalue weighted by molar-refractivity contribution is 7.89. The number of rotatable bonds is 10. The van der Waals surface area contributed by atoms with Crippen LogP contribution in [0.4, 0.5) is 0 Å². The minimum Gasteiger partial charge on any atom is -0.484 e. The van der Waals surface area contributed by atoms with E-state index in [1.165, 1.54) is 31.4 Å². The van der Waals surface area contributed by atoms with Crippen molar-refractivity contribution < 1.29 is 22.7 Å². The molecule has 1 aromatic carbocycles. The summed E-state index contributed by atoms with van der Waals surface area (Å²) in [5, 5.41) is 2.78. The number of ether oxygens (including phenoxy) is 2. The van der Waals surface area contributed by atoms with Gasteiger partial charge in [-0.3, -0.25) is 4.79 Å².